The molecule has 0 saturated carbocycles. The van der Waals surface area contributed by atoms with Crippen LogP contribution in [0.5, 0.6) is 0 Å². The van der Waals surface area contributed by atoms with E-state index in [-0.39, 0.29) is 11.8 Å². The average Bonchev–Trinajstić information content (AvgIpc) is 2.54. The zero-order valence-corrected chi connectivity index (χ0v) is 11.2. The second kappa shape index (κ2) is 4.87. The number of alkyl halides is 2. The van der Waals surface area contributed by atoms with Crippen molar-refractivity contribution in [3.05, 3.63) is 35.9 Å². The molecule has 1 saturated heterocycles. The van der Waals surface area contributed by atoms with Gasteiger partial charge in [-0.05, 0) is 12.5 Å². The maximum absolute atomic E-state index is 12.1. The predicted octanol–water partition coefficient (Wildman–Crippen LogP) is 2.88. The van der Waals surface area contributed by atoms with E-state index in [1.807, 2.05) is 30.3 Å². The summed E-state index contributed by atoms with van der Waals surface area (Å²) in [5.74, 6) is 0.410. The van der Waals surface area contributed by atoms with Crippen LogP contribution in [-0.4, -0.2) is 28.1 Å². The lowest BCUT2D eigenvalue weighted by Crippen LogP contribution is -2.35. The van der Waals surface area contributed by atoms with Gasteiger partial charge in [-0.15, -0.1) is 23.2 Å². The quantitative estimate of drug-likeness (QED) is 0.775. The Bertz CT molecular complexity index is 405. The molecule has 2 nitrogen and oxygen atoms in total. The van der Waals surface area contributed by atoms with Crippen molar-refractivity contribution in [1.82, 2.24) is 4.90 Å². The molecule has 2 atom stereocenters. The molecule has 1 fully saturated rings. The third kappa shape index (κ3) is 2.43. The fourth-order valence-corrected chi connectivity index (χ4v) is 2.89. The molecule has 1 amide bonds. The lowest BCUT2D eigenvalue weighted by atomic mass is 9.99. The SMILES string of the molecule is CC1(Cl)C(=O)N(Cc2ccccc2)CC1CCl. The smallest absolute Gasteiger partial charge is 0.244 e. The molecule has 0 aliphatic carbocycles. The lowest BCUT2D eigenvalue weighted by molar-refractivity contribution is -0.130. The predicted molar refractivity (Wildman–Crippen MR) is 70.3 cm³/mol. The van der Waals surface area contributed by atoms with E-state index in [1.54, 1.807) is 11.8 Å². The zero-order valence-electron chi connectivity index (χ0n) is 9.70. The molecule has 1 aliphatic heterocycles. The molecule has 0 N–H and O–H groups in total. The van der Waals surface area contributed by atoms with Crippen LogP contribution < -0.4 is 0 Å². The minimum atomic E-state index is -0.851. The Morgan fingerprint density at radius 1 is 1.41 bits per heavy atom. The van der Waals surface area contributed by atoms with E-state index in [1.165, 1.54) is 0 Å². The molecule has 4 heteroatoms. The van der Waals surface area contributed by atoms with Gasteiger partial charge in [0.05, 0.1) is 0 Å². The number of amides is 1. The van der Waals surface area contributed by atoms with Gasteiger partial charge in [0.1, 0.15) is 4.87 Å². The van der Waals surface area contributed by atoms with Crippen molar-refractivity contribution >= 4 is 29.1 Å². The van der Waals surface area contributed by atoms with Crippen LogP contribution in [0.2, 0.25) is 0 Å². The first-order valence-corrected chi connectivity index (χ1v) is 6.55. The summed E-state index contributed by atoms with van der Waals surface area (Å²) in [5, 5.41) is 0. The number of nitrogens with zero attached hydrogens (tertiary/aromatic N) is 1. The summed E-state index contributed by atoms with van der Waals surface area (Å²) in [6, 6.07) is 9.91. The van der Waals surface area contributed by atoms with Gasteiger partial charge in [0.15, 0.2) is 0 Å². The molecule has 1 heterocycles. The minimum absolute atomic E-state index is 0.0158. The first-order chi connectivity index (χ1) is 8.05. The van der Waals surface area contributed by atoms with Crippen LogP contribution in [0.15, 0.2) is 30.3 Å². The zero-order chi connectivity index (χ0) is 12.5. The standard InChI is InChI=1S/C13H15Cl2NO/c1-13(15)11(7-14)9-16(12(13)17)8-10-5-3-2-4-6-10/h2-6,11H,7-9H2,1H3. The number of hydrogen-bond donors (Lipinski definition) is 0. The number of halogens is 2. The third-order valence-electron chi connectivity index (χ3n) is 3.32. The van der Waals surface area contributed by atoms with Crippen LogP contribution in [0.4, 0.5) is 0 Å². The fourth-order valence-electron chi connectivity index (χ4n) is 2.14. The number of likely N-dealkylation sites (tertiary alicyclic amines) is 1. The molecule has 1 aromatic carbocycles. The number of carbonyl (C=O) groups excluding carboxylic acids is 1. The Kier molecular flexibility index (Phi) is 3.64. The summed E-state index contributed by atoms with van der Waals surface area (Å²) in [5.41, 5.74) is 1.11. The van der Waals surface area contributed by atoms with Gasteiger partial charge in [0, 0.05) is 24.9 Å². The first kappa shape index (κ1) is 12.7. The summed E-state index contributed by atoms with van der Waals surface area (Å²) in [6.45, 7) is 3.00. The Morgan fingerprint density at radius 2 is 2.06 bits per heavy atom. The first-order valence-electron chi connectivity index (χ1n) is 5.64. The highest BCUT2D eigenvalue weighted by Crippen LogP contribution is 2.36. The molecule has 0 spiro atoms. The average molecular weight is 272 g/mol. The van der Waals surface area contributed by atoms with E-state index in [0.29, 0.717) is 19.0 Å². The van der Waals surface area contributed by atoms with Gasteiger partial charge in [-0.2, -0.15) is 0 Å². The summed E-state index contributed by atoms with van der Waals surface area (Å²) in [7, 11) is 0. The van der Waals surface area contributed by atoms with Crippen LogP contribution in [-0.2, 0) is 11.3 Å². The van der Waals surface area contributed by atoms with E-state index in [0.717, 1.165) is 5.56 Å². The number of rotatable bonds is 3. The van der Waals surface area contributed by atoms with Crippen molar-refractivity contribution in [2.24, 2.45) is 5.92 Å². The van der Waals surface area contributed by atoms with Gasteiger partial charge in [0.25, 0.3) is 0 Å². The van der Waals surface area contributed by atoms with Crippen molar-refractivity contribution in [2.75, 3.05) is 12.4 Å². The number of benzene rings is 1. The summed E-state index contributed by atoms with van der Waals surface area (Å²) >= 11 is 12.1. The summed E-state index contributed by atoms with van der Waals surface area (Å²) < 4.78 is 0. The molecule has 2 rings (SSSR count). The molecule has 92 valence electrons. The third-order valence-corrected chi connectivity index (χ3v) is 4.16. The van der Waals surface area contributed by atoms with Crippen molar-refractivity contribution in [3.8, 4) is 0 Å². The second-order valence-electron chi connectivity index (χ2n) is 4.60. The maximum atomic E-state index is 12.1. The monoisotopic (exact) mass is 271 g/mol. The van der Waals surface area contributed by atoms with Gasteiger partial charge in [-0.25, -0.2) is 0 Å². The lowest BCUT2D eigenvalue weighted by Gasteiger charge is -2.19. The van der Waals surface area contributed by atoms with E-state index in [2.05, 4.69) is 0 Å². The largest absolute Gasteiger partial charge is 0.336 e. The van der Waals surface area contributed by atoms with Crippen molar-refractivity contribution in [3.63, 3.8) is 0 Å². The molecule has 0 bridgehead atoms. The molecule has 17 heavy (non-hydrogen) atoms. The van der Waals surface area contributed by atoms with Crippen molar-refractivity contribution in [2.45, 2.75) is 18.3 Å². The summed E-state index contributed by atoms with van der Waals surface area (Å²) in [6.07, 6.45) is 0. The van der Waals surface area contributed by atoms with Crippen LogP contribution in [0.25, 0.3) is 0 Å². The van der Waals surface area contributed by atoms with Crippen LogP contribution >= 0.6 is 23.2 Å². The van der Waals surface area contributed by atoms with Crippen molar-refractivity contribution < 1.29 is 4.79 Å². The van der Waals surface area contributed by atoms with Gasteiger partial charge in [-0.3, -0.25) is 4.79 Å². The highest BCUT2D eigenvalue weighted by molar-refractivity contribution is 6.36. The highest BCUT2D eigenvalue weighted by Gasteiger charge is 2.48. The Hall–Kier alpha value is -0.730. The maximum Gasteiger partial charge on any atom is 0.244 e. The topological polar surface area (TPSA) is 20.3 Å². The second-order valence-corrected chi connectivity index (χ2v) is 5.69. The molecule has 1 aromatic rings. The molecule has 1 aliphatic rings. The van der Waals surface area contributed by atoms with Gasteiger partial charge >= 0.3 is 0 Å². The van der Waals surface area contributed by atoms with Crippen molar-refractivity contribution in [1.29, 1.82) is 0 Å². The minimum Gasteiger partial charge on any atom is -0.336 e. The molecule has 0 radical (unpaired) electrons. The fraction of sp³-hybridized carbons (Fsp3) is 0.462. The van der Waals surface area contributed by atoms with Crippen LogP contribution in [0.3, 0.4) is 0 Å². The number of hydrogen-bond acceptors (Lipinski definition) is 1. The van der Waals surface area contributed by atoms with E-state index in [9.17, 15) is 4.79 Å². The van der Waals surface area contributed by atoms with Gasteiger partial charge < -0.3 is 4.90 Å². The van der Waals surface area contributed by atoms with E-state index in [4.69, 9.17) is 23.2 Å². The van der Waals surface area contributed by atoms with E-state index >= 15 is 0 Å². The highest BCUT2D eigenvalue weighted by atomic mass is 35.5. The Balaban J connectivity index is 2.12. The molecular formula is C13H15Cl2NO. The molecular weight excluding hydrogens is 257 g/mol. The normalized spacial score (nSPS) is 28.8. The van der Waals surface area contributed by atoms with E-state index < -0.39 is 4.87 Å². The Morgan fingerprint density at radius 3 is 2.59 bits per heavy atom. The molecule has 0 aromatic heterocycles. The summed E-state index contributed by atoms with van der Waals surface area (Å²) in [4.78, 5) is 13.1. The van der Waals surface area contributed by atoms with Gasteiger partial charge in [0.2, 0.25) is 5.91 Å². The van der Waals surface area contributed by atoms with Crippen LogP contribution in [0, 0.1) is 5.92 Å². The van der Waals surface area contributed by atoms with Crippen LogP contribution in [0.1, 0.15) is 12.5 Å². The molecule has 2 unspecified atom stereocenters. The Labute approximate surface area is 112 Å². The van der Waals surface area contributed by atoms with Gasteiger partial charge in [-0.1, -0.05) is 30.3 Å². The number of carbonyl (C=O) groups is 1.